The number of anilines is 1. The Hall–Kier alpha value is -3.81. The van der Waals surface area contributed by atoms with E-state index < -0.39 is 18.2 Å². The van der Waals surface area contributed by atoms with Crippen LogP contribution in [0.5, 0.6) is 5.75 Å². The van der Waals surface area contributed by atoms with Gasteiger partial charge in [0, 0.05) is 5.69 Å². The summed E-state index contributed by atoms with van der Waals surface area (Å²) in [6, 6.07) is 19.9. The number of hydrogen-bond acceptors (Lipinski definition) is 4. The predicted octanol–water partition coefficient (Wildman–Crippen LogP) is 6.26. The van der Waals surface area contributed by atoms with E-state index in [1.807, 2.05) is 24.3 Å². The van der Waals surface area contributed by atoms with Gasteiger partial charge < -0.3 is 9.47 Å². The standard InChI is InChI=1S/C27H26F3NO4/c1-26(2,3)21-12-8-18(9-13-21)17-31(24(32)25(33)34-4)22-14-10-19(11-15-22)20-6-5-7-23(16-20)35-27(28,29)30/h5-16H,17H2,1-4H3. The summed E-state index contributed by atoms with van der Waals surface area (Å²) in [4.78, 5) is 26.1. The highest BCUT2D eigenvalue weighted by Crippen LogP contribution is 2.30. The lowest BCUT2D eigenvalue weighted by Gasteiger charge is -2.23. The van der Waals surface area contributed by atoms with Crippen molar-refractivity contribution in [3.05, 3.63) is 83.9 Å². The number of ether oxygens (including phenoxy) is 2. The van der Waals surface area contributed by atoms with Gasteiger partial charge in [-0.1, -0.05) is 69.3 Å². The van der Waals surface area contributed by atoms with Crippen molar-refractivity contribution < 1.29 is 32.2 Å². The van der Waals surface area contributed by atoms with Gasteiger partial charge in [0.1, 0.15) is 5.75 Å². The number of carbonyl (C=O) groups excluding carboxylic acids is 2. The molecule has 0 aliphatic heterocycles. The Balaban J connectivity index is 1.88. The molecule has 0 saturated heterocycles. The van der Waals surface area contributed by atoms with E-state index in [9.17, 15) is 22.8 Å². The third kappa shape index (κ3) is 6.85. The van der Waals surface area contributed by atoms with Crippen LogP contribution in [0.25, 0.3) is 11.1 Å². The van der Waals surface area contributed by atoms with Gasteiger partial charge in [0.25, 0.3) is 0 Å². The van der Waals surface area contributed by atoms with Crippen LogP contribution in [0.4, 0.5) is 18.9 Å². The molecule has 0 heterocycles. The van der Waals surface area contributed by atoms with E-state index in [-0.39, 0.29) is 17.7 Å². The summed E-state index contributed by atoms with van der Waals surface area (Å²) in [7, 11) is 1.13. The number of alkyl halides is 3. The van der Waals surface area contributed by atoms with Crippen LogP contribution in [0, 0.1) is 0 Å². The number of hydrogen-bond donors (Lipinski definition) is 0. The molecule has 3 rings (SSSR count). The maximum Gasteiger partial charge on any atom is 0.573 e. The van der Waals surface area contributed by atoms with E-state index in [1.54, 1.807) is 30.3 Å². The summed E-state index contributed by atoms with van der Waals surface area (Å²) in [5.41, 5.74) is 3.47. The molecule has 0 fully saturated rings. The van der Waals surface area contributed by atoms with Gasteiger partial charge in [0.15, 0.2) is 0 Å². The molecule has 0 atom stereocenters. The Morgan fingerprint density at radius 3 is 2.03 bits per heavy atom. The minimum absolute atomic E-state index is 0.0294. The summed E-state index contributed by atoms with van der Waals surface area (Å²) < 4.78 is 46.3. The maximum absolute atomic E-state index is 12.8. The zero-order valence-corrected chi connectivity index (χ0v) is 19.8. The zero-order chi connectivity index (χ0) is 25.8. The van der Waals surface area contributed by atoms with Gasteiger partial charge in [0.2, 0.25) is 0 Å². The largest absolute Gasteiger partial charge is 0.573 e. The molecule has 184 valence electrons. The Kier molecular flexibility index (Phi) is 7.53. The summed E-state index contributed by atoms with van der Waals surface area (Å²) in [6.45, 7) is 6.43. The van der Waals surface area contributed by atoms with E-state index >= 15 is 0 Å². The highest BCUT2D eigenvalue weighted by molar-refractivity contribution is 6.38. The second-order valence-electron chi connectivity index (χ2n) is 8.95. The molecule has 0 aliphatic carbocycles. The first-order valence-electron chi connectivity index (χ1n) is 10.8. The maximum atomic E-state index is 12.8. The molecule has 3 aromatic rings. The monoisotopic (exact) mass is 485 g/mol. The zero-order valence-electron chi connectivity index (χ0n) is 19.8. The van der Waals surface area contributed by atoms with Crippen LogP contribution in [0.2, 0.25) is 0 Å². The third-order valence-corrected chi connectivity index (χ3v) is 5.35. The van der Waals surface area contributed by atoms with Crippen molar-refractivity contribution in [1.29, 1.82) is 0 Å². The lowest BCUT2D eigenvalue weighted by Crippen LogP contribution is -2.36. The van der Waals surface area contributed by atoms with Crippen molar-refractivity contribution in [1.82, 2.24) is 0 Å². The van der Waals surface area contributed by atoms with Gasteiger partial charge in [-0.15, -0.1) is 13.2 Å². The second-order valence-corrected chi connectivity index (χ2v) is 8.95. The molecule has 35 heavy (non-hydrogen) atoms. The predicted molar refractivity (Wildman–Crippen MR) is 127 cm³/mol. The van der Waals surface area contributed by atoms with Crippen molar-refractivity contribution in [2.24, 2.45) is 0 Å². The number of esters is 1. The molecule has 0 spiro atoms. The summed E-state index contributed by atoms with van der Waals surface area (Å²) in [6.07, 6.45) is -4.79. The molecule has 0 unspecified atom stereocenters. The topological polar surface area (TPSA) is 55.8 Å². The van der Waals surface area contributed by atoms with Crippen LogP contribution in [-0.4, -0.2) is 25.3 Å². The molecule has 1 amide bonds. The molecule has 3 aromatic carbocycles. The molecule has 0 radical (unpaired) electrons. The molecule has 0 bridgehead atoms. The van der Waals surface area contributed by atoms with Crippen molar-refractivity contribution >= 4 is 17.6 Å². The van der Waals surface area contributed by atoms with Crippen LogP contribution in [0.3, 0.4) is 0 Å². The fourth-order valence-electron chi connectivity index (χ4n) is 3.48. The molecule has 0 saturated carbocycles. The first-order valence-corrected chi connectivity index (χ1v) is 10.8. The summed E-state index contributed by atoms with van der Waals surface area (Å²) in [5.74, 6) is -2.17. The molecule has 0 aromatic heterocycles. The van der Waals surface area contributed by atoms with Gasteiger partial charge in [-0.25, -0.2) is 4.79 Å². The van der Waals surface area contributed by atoms with Crippen molar-refractivity contribution in [3.63, 3.8) is 0 Å². The lowest BCUT2D eigenvalue weighted by molar-refractivity contribution is -0.274. The number of amides is 1. The number of carbonyl (C=O) groups is 2. The quantitative estimate of drug-likeness (QED) is 0.316. The lowest BCUT2D eigenvalue weighted by atomic mass is 9.87. The molecule has 5 nitrogen and oxygen atoms in total. The number of nitrogens with zero attached hydrogens (tertiary/aromatic N) is 1. The number of benzene rings is 3. The average Bonchev–Trinajstić information content (AvgIpc) is 2.80. The Morgan fingerprint density at radius 2 is 1.49 bits per heavy atom. The second kappa shape index (κ2) is 10.2. The fourth-order valence-corrected chi connectivity index (χ4v) is 3.48. The van der Waals surface area contributed by atoms with E-state index in [2.05, 4.69) is 30.2 Å². The Morgan fingerprint density at radius 1 is 0.857 bits per heavy atom. The van der Waals surface area contributed by atoms with Crippen LogP contribution >= 0.6 is 0 Å². The first-order chi connectivity index (χ1) is 16.4. The average molecular weight is 486 g/mol. The smallest absolute Gasteiger partial charge is 0.462 e. The van der Waals surface area contributed by atoms with Crippen molar-refractivity contribution in [2.75, 3.05) is 12.0 Å². The van der Waals surface area contributed by atoms with Crippen LogP contribution < -0.4 is 9.64 Å². The third-order valence-electron chi connectivity index (χ3n) is 5.35. The SMILES string of the molecule is COC(=O)C(=O)N(Cc1ccc(C(C)(C)C)cc1)c1ccc(-c2cccc(OC(F)(F)F)c2)cc1. The first kappa shape index (κ1) is 25.8. The van der Waals surface area contributed by atoms with E-state index in [4.69, 9.17) is 0 Å². The molecular weight excluding hydrogens is 459 g/mol. The van der Waals surface area contributed by atoms with Crippen molar-refractivity contribution in [2.45, 2.75) is 39.1 Å². The van der Waals surface area contributed by atoms with Gasteiger partial charge in [-0.2, -0.15) is 0 Å². The Labute approximate surface area is 202 Å². The molecular formula is C27H26F3NO4. The Bertz CT molecular complexity index is 1180. The minimum Gasteiger partial charge on any atom is -0.462 e. The van der Waals surface area contributed by atoms with E-state index in [1.165, 1.54) is 23.1 Å². The van der Waals surface area contributed by atoms with Gasteiger partial charge >= 0.3 is 18.2 Å². The van der Waals surface area contributed by atoms with Crippen LogP contribution in [-0.2, 0) is 26.3 Å². The van der Waals surface area contributed by atoms with Crippen LogP contribution in [0.15, 0.2) is 72.8 Å². The minimum atomic E-state index is -4.79. The molecule has 0 N–H and O–H groups in total. The fraction of sp³-hybridized carbons (Fsp3) is 0.259. The summed E-state index contributed by atoms with van der Waals surface area (Å²) >= 11 is 0. The number of halogens is 3. The van der Waals surface area contributed by atoms with E-state index in [0.29, 0.717) is 16.8 Å². The van der Waals surface area contributed by atoms with Gasteiger partial charge in [-0.3, -0.25) is 9.69 Å². The van der Waals surface area contributed by atoms with Gasteiger partial charge in [0.05, 0.1) is 13.7 Å². The highest BCUT2D eigenvalue weighted by atomic mass is 19.4. The van der Waals surface area contributed by atoms with Gasteiger partial charge in [-0.05, 0) is 51.9 Å². The molecule has 0 aliphatic rings. The number of methoxy groups -OCH3 is 1. The van der Waals surface area contributed by atoms with Crippen LogP contribution in [0.1, 0.15) is 31.9 Å². The van der Waals surface area contributed by atoms with Crippen molar-refractivity contribution in [3.8, 4) is 16.9 Å². The highest BCUT2D eigenvalue weighted by Gasteiger charge is 2.31. The summed E-state index contributed by atoms with van der Waals surface area (Å²) in [5, 5.41) is 0. The normalized spacial score (nSPS) is 11.6. The van der Waals surface area contributed by atoms with E-state index in [0.717, 1.165) is 18.2 Å². The molecule has 8 heteroatoms. The number of rotatable bonds is 5.